The molecule has 32 heavy (non-hydrogen) atoms. The zero-order chi connectivity index (χ0) is 23.1. The lowest BCUT2D eigenvalue weighted by Crippen LogP contribution is -2.17. The van der Waals surface area contributed by atoms with Crippen molar-refractivity contribution in [2.45, 2.75) is 6.36 Å². The van der Waals surface area contributed by atoms with E-state index in [4.69, 9.17) is 17.3 Å². The maximum Gasteiger partial charge on any atom is 0.573 e. The molecule has 2 aromatic carbocycles. The third kappa shape index (κ3) is 6.49. The molecule has 0 saturated carbocycles. The van der Waals surface area contributed by atoms with Crippen LogP contribution in [0, 0.1) is 5.82 Å². The summed E-state index contributed by atoms with van der Waals surface area (Å²) in [7, 11) is 0. The van der Waals surface area contributed by atoms with Gasteiger partial charge in [-0.2, -0.15) is 20.1 Å². The van der Waals surface area contributed by atoms with Gasteiger partial charge in [0.05, 0.1) is 16.8 Å². The number of rotatable bonds is 8. The Morgan fingerprint density at radius 1 is 1.06 bits per heavy atom. The first-order valence-corrected chi connectivity index (χ1v) is 9.42. The molecule has 0 aliphatic carbocycles. The Hall–Kier alpha value is -3.51. The molecular weight excluding hydrogens is 454 g/mol. The van der Waals surface area contributed by atoms with Crippen molar-refractivity contribution in [2.24, 2.45) is 10.8 Å². The summed E-state index contributed by atoms with van der Waals surface area (Å²) in [6.07, 6.45) is -3.45. The van der Waals surface area contributed by atoms with E-state index in [0.717, 1.165) is 12.1 Å². The molecule has 0 spiro atoms. The fourth-order valence-electron chi connectivity index (χ4n) is 2.43. The SMILES string of the molecule is NCCNc1nc(NN=Cc2ccc(OC(F)(F)F)cc2)nc(-c2c(F)cccc2Cl)n1. The number of alkyl halides is 3. The molecular formula is C19H16ClF4N7O. The molecule has 0 fully saturated rings. The largest absolute Gasteiger partial charge is 0.573 e. The molecule has 0 unspecified atom stereocenters. The number of benzene rings is 2. The summed E-state index contributed by atoms with van der Waals surface area (Å²) in [5, 5.41) is 6.92. The Balaban J connectivity index is 1.81. The molecule has 0 saturated heterocycles. The standard InChI is InChI=1S/C19H16ClF4N7O/c20-13-2-1-3-14(21)15(13)16-28-17(26-9-8-25)30-18(29-16)31-27-10-11-4-6-12(7-5-11)32-19(22,23)24/h1-7,10H,8-9,25H2,(H2,26,28,29,30,31). The maximum absolute atomic E-state index is 14.3. The van der Waals surface area contributed by atoms with E-state index in [1.165, 1.54) is 36.5 Å². The predicted molar refractivity (Wildman–Crippen MR) is 112 cm³/mol. The van der Waals surface area contributed by atoms with Gasteiger partial charge in [-0.05, 0) is 42.0 Å². The molecule has 0 radical (unpaired) electrons. The highest BCUT2D eigenvalue weighted by atomic mass is 35.5. The minimum atomic E-state index is -4.77. The van der Waals surface area contributed by atoms with Gasteiger partial charge < -0.3 is 15.8 Å². The van der Waals surface area contributed by atoms with Gasteiger partial charge in [0.1, 0.15) is 11.6 Å². The van der Waals surface area contributed by atoms with Crippen LogP contribution in [0.15, 0.2) is 47.6 Å². The number of nitrogens with one attached hydrogen (secondary N) is 2. The van der Waals surface area contributed by atoms with Crippen LogP contribution in [0.2, 0.25) is 5.02 Å². The van der Waals surface area contributed by atoms with Crippen molar-refractivity contribution in [1.29, 1.82) is 0 Å². The summed E-state index contributed by atoms with van der Waals surface area (Å²) in [5.41, 5.74) is 8.50. The quantitative estimate of drug-likeness (QED) is 0.259. The van der Waals surface area contributed by atoms with Crippen molar-refractivity contribution in [2.75, 3.05) is 23.8 Å². The lowest BCUT2D eigenvalue weighted by Gasteiger charge is -2.10. The molecule has 3 aromatic rings. The van der Waals surface area contributed by atoms with Gasteiger partial charge in [-0.25, -0.2) is 9.82 Å². The van der Waals surface area contributed by atoms with E-state index in [0.29, 0.717) is 18.7 Å². The average Bonchev–Trinajstić information content (AvgIpc) is 2.72. The van der Waals surface area contributed by atoms with E-state index in [2.05, 4.69) is 35.5 Å². The van der Waals surface area contributed by atoms with Crippen LogP contribution in [0.5, 0.6) is 5.75 Å². The minimum Gasteiger partial charge on any atom is -0.406 e. The van der Waals surface area contributed by atoms with Crippen LogP contribution >= 0.6 is 11.6 Å². The molecule has 0 atom stereocenters. The maximum atomic E-state index is 14.3. The van der Waals surface area contributed by atoms with Crippen molar-refractivity contribution < 1.29 is 22.3 Å². The normalized spacial score (nSPS) is 11.6. The van der Waals surface area contributed by atoms with Gasteiger partial charge in [-0.3, -0.25) is 0 Å². The molecule has 4 N–H and O–H groups in total. The van der Waals surface area contributed by atoms with E-state index in [9.17, 15) is 17.6 Å². The summed E-state index contributed by atoms with van der Waals surface area (Å²) >= 11 is 6.10. The van der Waals surface area contributed by atoms with Crippen LogP contribution in [0.3, 0.4) is 0 Å². The number of nitrogens with zero attached hydrogens (tertiary/aromatic N) is 4. The van der Waals surface area contributed by atoms with Gasteiger partial charge in [0.15, 0.2) is 5.82 Å². The predicted octanol–water partition coefficient (Wildman–Crippen LogP) is 4.05. The van der Waals surface area contributed by atoms with Crippen LogP contribution in [-0.4, -0.2) is 40.6 Å². The second-order valence-corrected chi connectivity index (χ2v) is 6.51. The van der Waals surface area contributed by atoms with Gasteiger partial charge in [0, 0.05) is 13.1 Å². The Kier molecular flexibility index (Phi) is 7.38. The molecule has 1 heterocycles. The number of anilines is 2. The van der Waals surface area contributed by atoms with Crippen molar-refractivity contribution in [3.05, 3.63) is 58.9 Å². The van der Waals surface area contributed by atoms with Gasteiger partial charge in [0.2, 0.25) is 11.9 Å². The summed E-state index contributed by atoms with van der Waals surface area (Å²) in [5.74, 6) is -0.923. The molecule has 168 valence electrons. The van der Waals surface area contributed by atoms with E-state index in [1.54, 1.807) is 0 Å². The van der Waals surface area contributed by atoms with Crippen LogP contribution in [0.4, 0.5) is 29.5 Å². The zero-order valence-electron chi connectivity index (χ0n) is 16.2. The zero-order valence-corrected chi connectivity index (χ0v) is 17.0. The molecule has 1 aromatic heterocycles. The summed E-state index contributed by atoms with van der Waals surface area (Å²) in [4.78, 5) is 12.4. The second kappa shape index (κ2) is 10.2. The molecule has 0 aliphatic heterocycles. The van der Waals surface area contributed by atoms with Crippen molar-refractivity contribution in [3.8, 4) is 17.1 Å². The smallest absolute Gasteiger partial charge is 0.406 e. The van der Waals surface area contributed by atoms with E-state index in [-0.39, 0.29) is 34.1 Å². The van der Waals surface area contributed by atoms with Crippen LogP contribution < -0.4 is 21.2 Å². The third-order valence-electron chi connectivity index (χ3n) is 3.74. The summed E-state index contributed by atoms with van der Waals surface area (Å²) in [6.45, 7) is 0.653. The molecule has 3 rings (SSSR count). The fraction of sp³-hybridized carbons (Fsp3) is 0.158. The number of ether oxygens (including phenoxy) is 1. The first-order valence-electron chi connectivity index (χ1n) is 9.04. The van der Waals surface area contributed by atoms with Gasteiger partial charge in [-0.15, -0.1) is 13.2 Å². The highest BCUT2D eigenvalue weighted by molar-refractivity contribution is 6.33. The van der Waals surface area contributed by atoms with Gasteiger partial charge in [-0.1, -0.05) is 17.7 Å². The monoisotopic (exact) mass is 469 g/mol. The van der Waals surface area contributed by atoms with E-state index < -0.39 is 12.2 Å². The van der Waals surface area contributed by atoms with Crippen LogP contribution in [-0.2, 0) is 0 Å². The molecule has 0 amide bonds. The van der Waals surface area contributed by atoms with E-state index >= 15 is 0 Å². The molecule has 0 bridgehead atoms. The summed E-state index contributed by atoms with van der Waals surface area (Å²) < 4.78 is 54.8. The van der Waals surface area contributed by atoms with Crippen LogP contribution in [0.25, 0.3) is 11.4 Å². The van der Waals surface area contributed by atoms with Crippen molar-refractivity contribution in [1.82, 2.24) is 15.0 Å². The first kappa shape index (κ1) is 23.2. The third-order valence-corrected chi connectivity index (χ3v) is 4.06. The topological polar surface area (TPSA) is 110 Å². The van der Waals surface area contributed by atoms with Gasteiger partial charge in [0.25, 0.3) is 0 Å². The first-order chi connectivity index (χ1) is 15.2. The van der Waals surface area contributed by atoms with Gasteiger partial charge >= 0.3 is 6.36 Å². The lowest BCUT2D eigenvalue weighted by atomic mass is 10.2. The Morgan fingerprint density at radius 3 is 2.44 bits per heavy atom. The Morgan fingerprint density at radius 2 is 1.78 bits per heavy atom. The number of hydrazone groups is 1. The van der Waals surface area contributed by atoms with Crippen molar-refractivity contribution >= 4 is 29.7 Å². The summed E-state index contributed by atoms with van der Waals surface area (Å²) in [6, 6.07) is 9.20. The highest BCUT2D eigenvalue weighted by Crippen LogP contribution is 2.29. The van der Waals surface area contributed by atoms with E-state index in [1.807, 2.05) is 0 Å². The number of halogens is 5. The number of aromatic nitrogens is 3. The fourth-order valence-corrected chi connectivity index (χ4v) is 2.68. The van der Waals surface area contributed by atoms with Crippen molar-refractivity contribution in [3.63, 3.8) is 0 Å². The van der Waals surface area contributed by atoms with Crippen LogP contribution in [0.1, 0.15) is 5.56 Å². The molecule has 13 heteroatoms. The highest BCUT2D eigenvalue weighted by Gasteiger charge is 2.30. The average molecular weight is 470 g/mol. The Bertz CT molecular complexity index is 1070. The minimum absolute atomic E-state index is 0.0142. The molecule has 0 aliphatic rings. The number of nitrogens with two attached hydrogens (primary N) is 1. The Labute approximate surface area is 184 Å². The lowest BCUT2D eigenvalue weighted by molar-refractivity contribution is -0.274. The number of hydrogen-bond acceptors (Lipinski definition) is 8. The molecule has 8 nitrogen and oxygen atoms in total. The number of hydrogen-bond donors (Lipinski definition) is 3. The second-order valence-electron chi connectivity index (χ2n) is 6.11.